The Morgan fingerprint density at radius 2 is 0.370 bits per heavy atom. The van der Waals surface area contributed by atoms with Gasteiger partial charge in [-0.1, -0.05) is 289 Å². The van der Waals surface area contributed by atoms with Crippen LogP contribution in [0.1, 0.15) is 171 Å². The largest absolute Gasteiger partial charge is 0.508 e. The number of hydrogen-bond acceptors (Lipinski definition) is 10. The Kier molecular flexibility index (Phi) is 19.7. The number of benzene rings is 13. The molecule has 0 aliphatic heterocycles. The molecule has 13 rings (SSSR count). The Hall–Kier alpha value is -12.4. The van der Waals surface area contributed by atoms with Gasteiger partial charge in [-0.15, -0.1) is 0 Å². The molecule has 0 heterocycles. The van der Waals surface area contributed by atoms with Crippen LogP contribution >= 0.6 is 0 Å². The van der Waals surface area contributed by atoms with Gasteiger partial charge >= 0.3 is 11.9 Å². The number of aromatic hydroxyl groups is 6. The molecule has 13 aromatic rings. The first-order chi connectivity index (χ1) is 51.4. The minimum Gasteiger partial charge on any atom is -0.508 e. The Morgan fingerprint density at radius 3 is 0.565 bits per heavy atom. The highest BCUT2D eigenvalue weighted by Crippen LogP contribution is 2.57. The van der Waals surface area contributed by atoms with Gasteiger partial charge in [0.05, 0.1) is 11.1 Å². The fourth-order valence-corrected chi connectivity index (χ4v) is 15.9. The van der Waals surface area contributed by atoms with Crippen LogP contribution in [0, 0.1) is 0 Å². The molecule has 0 fully saturated rings. The summed E-state index contributed by atoms with van der Waals surface area (Å²) < 4.78 is 14.9. The first-order valence-corrected chi connectivity index (χ1v) is 36.5. The molecule has 0 atom stereocenters. The molecule has 10 heteroatoms. The molecule has 0 amide bonds. The normalized spacial score (nSPS) is 12.2. The highest BCUT2D eigenvalue weighted by atomic mass is 16.5. The van der Waals surface area contributed by atoms with Crippen LogP contribution in [0.3, 0.4) is 0 Å². The smallest absolute Gasteiger partial charge is 0.344 e. The van der Waals surface area contributed by atoms with E-state index in [1.807, 2.05) is 234 Å². The second-order valence-electron chi connectivity index (χ2n) is 31.2. The summed E-state index contributed by atoms with van der Waals surface area (Å²) in [7, 11) is 0. The van der Waals surface area contributed by atoms with E-state index < -0.39 is 44.4 Å². The third-order valence-electron chi connectivity index (χ3n) is 22.4. The van der Waals surface area contributed by atoms with E-state index in [9.17, 15) is 30.6 Å². The maximum absolute atomic E-state index is 18.2. The third kappa shape index (κ3) is 13.8. The van der Waals surface area contributed by atoms with Crippen molar-refractivity contribution in [3.63, 3.8) is 0 Å². The number of para-hydroxylation sites is 2. The van der Waals surface area contributed by atoms with Crippen LogP contribution in [-0.2, 0) is 32.5 Å². The predicted octanol–water partition coefficient (Wildman–Crippen LogP) is 23.0. The average Bonchev–Trinajstić information content (AvgIpc) is 0.698. The number of hydrogen-bond donors (Lipinski definition) is 6. The molecule has 0 spiro atoms. The van der Waals surface area contributed by atoms with E-state index in [4.69, 9.17) is 9.47 Å². The summed E-state index contributed by atoms with van der Waals surface area (Å²) >= 11 is 0. The van der Waals surface area contributed by atoms with Gasteiger partial charge in [0.2, 0.25) is 0 Å². The van der Waals surface area contributed by atoms with E-state index in [1.54, 1.807) is 84.9 Å². The second-order valence-corrected chi connectivity index (χ2v) is 31.2. The van der Waals surface area contributed by atoms with E-state index in [1.165, 1.54) is 0 Å². The third-order valence-corrected chi connectivity index (χ3v) is 22.4. The molecule has 0 aromatic heterocycles. The van der Waals surface area contributed by atoms with E-state index in [0.717, 1.165) is 55.6 Å². The average molecular weight is 1430 g/mol. The molecular weight excluding hydrogens is 1340 g/mol. The summed E-state index contributed by atoms with van der Waals surface area (Å²) in [5.41, 5.74) is 7.39. The van der Waals surface area contributed by atoms with E-state index >= 15 is 9.59 Å². The fraction of sp³-hybridized carbons (Fsp3) is 0.184. The summed E-state index contributed by atoms with van der Waals surface area (Å²) in [6.45, 7) is 25.0. The topological polar surface area (TPSA) is 174 Å². The minimum atomic E-state index is -0.952. The number of ether oxygens (including phenoxy) is 2. The number of phenolic OH excluding ortho intramolecular Hbond substituents is 6. The van der Waals surface area contributed by atoms with Crippen LogP contribution < -0.4 is 9.47 Å². The highest BCUT2D eigenvalue weighted by molar-refractivity contribution is 6.21. The summed E-state index contributed by atoms with van der Waals surface area (Å²) in [6, 6.07) is 89.4. The zero-order valence-electron chi connectivity index (χ0n) is 63.0. The van der Waals surface area contributed by atoms with Crippen LogP contribution in [0.4, 0.5) is 0 Å². The molecular formula is C98H90O10. The Labute approximate surface area is 633 Å². The maximum Gasteiger partial charge on any atom is 0.344 e. The molecule has 108 heavy (non-hydrogen) atoms. The molecule has 0 saturated heterocycles. The molecule has 6 N–H and O–H groups in total. The first kappa shape index (κ1) is 73.9. The fourth-order valence-electron chi connectivity index (χ4n) is 15.9. The quantitative estimate of drug-likeness (QED) is 0.0318. The van der Waals surface area contributed by atoms with Crippen molar-refractivity contribution >= 4 is 11.9 Å². The summed E-state index contributed by atoms with van der Waals surface area (Å²) in [5, 5.41) is 65.3. The lowest BCUT2D eigenvalue weighted by atomic mass is 9.67. The van der Waals surface area contributed by atoms with Gasteiger partial charge in [-0.3, -0.25) is 0 Å². The lowest BCUT2D eigenvalue weighted by molar-refractivity contribution is 0.0720. The standard InChI is InChI=1S/C98H90O10/c1-93(2,61-37-49-67(99)50-38-61)77-29-17-13-25-73(77)85-86(74-26-14-18-30-78(74)94(3,4)62-39-51-68(100)52-40-62)90(92(106)108-84-36-24-22-34-82(84)98(11,12)66-47-59-72(104)60-48-66)88(76-28-16-20-32-80(76)96(7,8)64-43-55-70(102)56-44-64)87(75-27-15-19-31-79(75)95(5,6)63-41-53-69(101)54-42-63)89(85)91(105)107-83-35-23-21-33-81(83)97(9,10)65-45-57-71(103)58-46-65/h13-60,99-104H,1-12H3. The summed E-state index contributed by atoms with van der Waals surface area (Å²) in [6.07, 6.45) is 0. The van der Waals surface area contributed by atoms with Crippen molar-refractivity contribution in [3.8, 4) is 90.5 Å². The molecule has 0 aliphatic rings. The Balaban J connectivity index is 1.31. The van der Waals surface area contributed by atoms with Crippen molar-refractivity contribution in [2.75, 3.05) is 0 Å². The Bertz CT molecular complexity index is 4940. The lowest BCUT2D eigenvalue weighted by Crippen LogP contribution is -2.26. The van der Waals surface area contributed by atoms with Crippen LogP contribution in [0.2, 0.25) is 0 Å². The SMILES string of the molecule is CC(C)(c1ccc(O)cc1)c1ccccc1OC(=O)c1c(-c2ccccc2C(C)(C)c2ccc(O)cc2)c(-c2ccccc2C(C)(C)c2ccc(O)cc2)c(C(=O)Oc2ccccc2C(C)(C)c2ccc(O)cc2)c(-c2ccccc2C(C)(C)c2ccc(O)cc2)c1-c1ccccc1C(C)(C)c1ccc(O)cc1. The number of rotatable bonds is 20. The van der Waals surface area contributed by atoms with Gasteiger partial charge in [0, 0.05) is 65.9 Å². The zero-order chi connectivity index (χ0) is 76.8. The first-order valence-electron chi connectivity index (χ1n) is 36.5. The minimum absolute atomic E-state index is 0.0797. The van der Waals surface area contributed by atoms with E-state index in [0.29, 0.717) is 55.6 Å². The van der Waals surface area contributed by atoms with Crippen molar-refractivity contribution in [3.05, 3.63) is 369 Å². The number of carbonyl (C=O) groups is 2. The number of esters is 2. The van der Waals surface area contributed by atoms with Crippen molar-refractivity contribution in [1.29, 1.82) is 0 Å². The van der Waals surface area contributed by atoms with Crippen molar-refractivity contribution in [1.82, 2.24) is 0 Å². The molecule has 0 aliphatic carbocycles. The zero-order valence-corrected chi connectivity index (χ0v) is 63.0. The molecule has 13 aromatic carbocycles. The van der Waals surface area contributed by atoms with E-state index in [-0.39, 0.29) is 57.1 Å². The van der Waals surface area contributed by atoms with Gasteiger partial charge in [0.25, 0.3) is 0 Å². The van der Waals surface area contributed by atoms with Gasteiger partial charge in [-0.25, -0.2) is 9.59 Å². The summed E-state index contributed by atoms with van der Waals surface area (Å²) in [4.78, 5) is 36.5. The molecule has 0 unspecified atom stereocenters. The van der Waals surface area contributed by atoms with Crippen molar-refractivity contribution in [2.45, 2.75) is 116 Å². The van der Waals surface area contributed by atoms with E-state index in [2.05, 4.69) is 55.4 Å². The molecule has 0 saturated carbocycles. The highest BCUT2D eigenvalue weighted by Gasteiger charge is 2.43. The van der Waals surface area contributed by atoms with Crippen molar-refractivity contribution < 1.29 is 49.7 Å². The molecule has 0 bridgehead atoms. The monoisotopic (exact) mass is 1430 g/mol. The number of phenols is 6. The van der Waals surface area contributed by atoms with Gasteiger partial charge in [-0.05, 0) is 163 Å². The molecule has 542 valence electrons. The molecule has 0 radical (unpaired) electrons. The maximum atomic E-state index is 18.2. The van der Waals surface area contributed by atoms with Crippen LogP contribution in [0.15, 0.2) is 291 Å². The van der Waals surface area contributed by atoms with Crippen LogP contribution in [0.5, 0.6) is 46.0 Å². The lowest BCUT2D eigenvalue weighted by Gasteiger charge is -2.36. The van der Waals surface area contributed by atoms with Crippen molar-refractivity contribution in [2.24, 2.45) is 0 Å². The molecule has 10 nitrogen and oxygen atoms in total. The Morgan fingerprint density at radius 1 is 0.213 bits per heavy atom. The van der Waals surface area contributed by atoms with Gasteiger partial charge in [0.1, 0.15) is 46.0 Å². The predicted molar refractivity (Wildman–Crippen MR) is 432 cm³/mol. The van der Waals surface area contributed by atoms with Crippen LogP contribution in [-0.4, -0.2) is 42.6 Å². The second kappa shape index (κ2) is 28.8. The van der Waals surface area contributed by atoms with Gasteiger partial charge < -0.3 is 40.1 Å². The number of carbonyl (C=O) groups excluding carboxylic acids is 2. The van der Waals surface area contributed by atoms with Crippen LogP contribution in [0.25, 0.3) is 44.5 Å². The van der Waals surface area contributed by atoms with Gasteiger partial charge in [-0.2, -0.15) is 0 Å². The summed E-state index contributed by atoms with van der Waals surface area (Å²) in [5.74, 6) is -0.558. The van der Waals surface area contributed by atoms with Gasteiger partial charge in [0.15, 0.2) is 0 Å².